The Balaban J connectivity index is 1.93. The molecule has 4 heteroatoms. The molecule has 1 aliphatic heterocycles. The maximum absolute atomic E-state index is 6.27. The zero-order chi connectivity index (χ0) is 12.7. The van der Waals surface area contributed by atoms with Crippen molar-refractivity contribution in [2.45, 2.75) is 45.4 Å². The van der Waals surface area contributed by atoms with E-state index in [9.17, 15) is 0 Å². The van der Waals surface area contributed by atoms with E-state index in [4.69, 9.17) is 16.6 Å². The van der Waals surface area contributed by atoms with Crippen LogP contribution in [0, 0.1) is 12.8 Å². The fraction of sp³-hybridized carbons (Fsp3) is 0.714. The Kier molecular flexibility index (Phi) is 3.18. The zero-order valence-electron chi connectivity index (χ0n) is 11.1. The Morgan fingerprint density at radius 3 is 2.67 bits per heavy atom. The van der Waals surface area contributed by atoms with Gasteiger partial charge in [0.05, 0.1) is 0 Å². The molecule has 0 aromatic carbocycles. The van der Waals surface area contributed by atoms with Gasteiger partial charge in [-0.2, -0.15) is 0 Å². The summed E-state index contributed by atoms with van der Waals surface area (Å²) in [7, 11) is 0. The molecule has 1 atom stereocenters. The Morgan fingerprint density at radius 2 is 2.00 bits per heavy atom. The Labute approximate surface area is 114 Å². The van der Waals surface area contributed by atoms with E-state index in [0.29, 0.717) is 11.1 Å². The van der Waals surface area contributed by atoms with Gasteiger partial charge in [0.25, 0.3) is 0 Å². The van der Waals surface area contributed by atoms with Crippen molar-refractivity contribution in [3.05, 3.63) is 16.5 Å². The maximum atomic E-state index is 6.27. The average molecular weight is 266 g/mol. The van der Waals surface area contributed by atoms with E-state index in [1.807, 2.05) is 6.92 Å². The lowest BCUT2D eigenvalue weighted by Gasteiger charge is -2.33. The lowest BCUT2D eigenvalue weighted by molar-refractivity contribution is 0.443. The second kappa shape index (κ2) is 4.69. The lowest BCUT2D eigenvalue weighted by Crippen LogP contribution is -2.35. The van der Waals surface area contributed by atoms with Crippen LogP contribution in [0.15, 0.2) is 0 Å². The maximum Gasteiger partial charge on any atom is 0.137 e. The molecule has 0 N–H and O–H groups in total. The monoisotopic (exact) mass is 265 g/mol. The van der Waals surface area contributed by atoms with E-state index >= 15 is 0 Å². The summed E-state index contributed by atoms with van der Waals surface area (Å²) in [6.07, 6.45) is 5.01. The predicted octanol–water partition coefficient (Wildman–Crippen LogP) is 3.55. The molecule has 1 saturated heterocycles. The highest BCUT2D eigenvalue weighted by Gasteiger charge is 2.29. The molecule has 3 rings (SSSR count). The van der Waals surface area contributed by atoms with Crippen molar-refractivity contribution in [2.75, 3.05) is 18.0 Å². The third-order valence-corrected chi connectivity index (χ3v) is 4.35. The van der Waals surface area contributed by atoms with Gasteiger partial charge in [0.15, 0.2) is 0 Å². The molecule has 2 heterocycles. The van der Waals surface area contributed by atoms with Gasteiger partial charge in [-0.15, -0.1) is 0 Å². The molecule has 0 spiro atoms. The molecule has 2 fully saturated rings. The quantitative estimate of drug-likeness (QED) is 0.766. The van der Waals surface area contributed by atoms with Gasteiger partial charge < -0.3 is 4.90 Å². The molecule has 1 aromatic heterocycles. The number of anilines is 1. The molecule has 0 amide bonds. The average Bonchev–Trinajstić information content (AvgIpc) is 3.16. The molecule has 98 valence electrons. The number of hydrogen-bond acceptors (Lipinski definition) is 3. The minimum absolute atomic E-state index is 0.559. The van der Waals surface area contributed by atoms with Gasteiger partial charge in [-0.05, 0) is 38.5 Å². The standard InChI is InChI=1S/C14H20ClN3/c1-9-4-3-7-18(8-9)14-10(2)12(15)16-13(17-14)11-5-6-11/h9,11H,3-8H2,1-2H3. The SMILES string of the molecule is Cc1c(Cl)nc(C2CC2)nc1N1CCCC(C)C1. The van der Waals surface area contributed by atoms with Crippen LogP contribution in [0.1, 0.15) is 49.9 Å². The number of hydrogen-bond donors (Lipinski definition) is 0. The summed E-state index contributed by atoms with van der Waals surface area (Å²) >= 11 is 6.27. The molecule has 1 saturated carbocycles. The summed E-state index contributed by atoms with van der Waals surface area (Å²) in [4.78, 5) is 11.6. The summed E-state index contributed by atoms with van der Waals surface area (Å²) in [6, 6.07) is 0. The van der Waals surface area contributed by atoms with Crippen molar-refractivity contribution in [3.63, 3.8) is 0 Å². The van der Waals surface area contributed by atoms with Gasteiger partial charge in [0.2, 0.25) is 0 Å². The van der Waals surface area contributed by atoms with E-state index < -0.39 is 0 Å². The first-order valence-corrected chi connectivity index (χ1v) is 7.32. The van der Waals surface area contributed by atoms with Gasteiger partial charge >= 0.3 is 0 Å². The number of nitrogens with zero attached hydrogens (tertiary/aromatic N) is 3. The first-order valence-electron chi connectivity index (χ1n) is 6.94. The number of rotatable bonds is 2. The van der Waals surface area contributed by atoms with Crippen LogP contribution in [-0.2, 0) is 0 Å². The molecule has 1 unspecified atom stereocenters. The second-order valence-corrected chi connectivity index (χ2v) is 6.15. The highest BCUT2D eigenvalue weighted by Crippen LogP contribution is 2.40. The molecule has 1 aromatic rings. The van der Waals surface area contributed by atoms with Crippen LogP contribution < -0.4 is 4.90 Å². The van der Waals surface area contributed by atoms with Crippen LogP contribution in [0.4, 0.5) is 5.82 Å². The van der Waals surface area contributed by atoms with Crippen molar-refractivity contribution < 1.29 is 0 Å². The van der Waals surface area contributed by atoms with E-state index in [-0.39, 0.29) is 0 Å². The van der Waals surface area contributed by atoms with E-state index in [1.165, 1.54) is 25.7 Å². The summed E-state index contributed by atoms with van der Waals surface area (Å²) in [6.45, 7) is 6.54. The van der Waals surface area contributed by atoms with Crippen molar-refractivity contribution >= 4 is 17.4 Å². The van der Waals surface area contributed by atoms with E-state index in [1.54, 1.807) is 0 Å². The zero-order valence-corrected chi connectivity index (χ0v) is 11.9. The van der Waals surface area contributed by atoms with Crippen LogP contribution in [0.25, 0.3) is 0 Å². The molecule has 0 radical (unpaired) electrons. The van der Waals surface area contributed by atoms with Gasteiger partial charge in [-0.3, -0.25) is 0 Å². The molecule has 1 aliphatic carbocycles. The molecular weight excluding hydrogens is 246 g/mol. The van der Waals surface area contributed by atoms with E-state index in [2.05, 4.69) is 16.8 Å². The third kappa shape index (κ3) is 2.33. The smallest absolute Gasteiger partial charge is 0.137 e. The van der Waals surface area contributed by atoms with Gasteiger partial charge in [-0.1, -0.05) is 18.5 Å². The number of aromatic nitrogens is 2. The van der Waals surface area contributed by atoms with Crippen molar-refractivity contribution in [1.82, 2.24) is 9.97 Å². The Morgan fingerprint density at radius 1 is 1.22 bits per heavy atom. The molecule has 18 heavy (non-hydrogen) atoms. The third-order valence-electron chi connectivity index (χ3n) is 3.98. The van der Waals surface area contributed by atoms with Crippen molar-refractivity contribution in [2.24, 2.45) is 5.92 Å². The first kappa shape index (κ1) is 12.2. The topological polar surface area (TPSA) is 29.0 Å². The van der Waals surface area contributed by atoms with Crippen molar-refractivity contribution in [3.8, 4) is 0 Å². The highest BCUT2D eigenvalue weighted by molar-refractivity contribution is 6.30. The number of halogens is 1. The normalized spacial score (nSPS) is 24.4. The Bertz CT molecular complexity index is 457. The first-order chi connectivity index (χ1) is 8.65. The van der Waals surface area contributed by atoms with Crippen LogP contribution in [0.2, 0.25) is 5.15 Å². The van der Waals surface area contributed by atoms with Gasteiger partial charge in [-0.25, -0.2) is 9.97 Å². The largest absolute Gasteiger partial charge is 0.356 e. The lowest BCUT2D eigenvalue weighted by atomic mass is 10.00. The van der Waals surface area contributed by atoms with Gasteiger partial charge in [0, 0.05) is 24.6 Å². The Hall–Kier alpha value is -0.830. The van der Waals surface area contributed by atoms with Crippen LogP contribution in [-0.4, -0.2) is 23.1 Å². The molecule has 2 aliphatic rings. The summed E-state index contributed by atoms with van der Waals surface area (Å²) in [5, 5.41) is 0.639. The molecule has 0 bridgehead atoms. The summed E-state index contributed by atoms with van der Waals surface area (Å²) in [5.41, 5.74) is 1.04. The second-order valence-electron chi connectivity index (χ2n) is 5.79. The minimum Gasteiger partial charge on any atom is -0.356 e. The van der Waals surface area contributed by atoms with Crippen LogP contribution >= 0.6 is 11.6 Å². The van der Waals surface area contributed by atoms with Crippen LogP contribution in [0.3, 0.4) is 0 Å². The molecular formula is C14H20ClN3. The molecule has 3 nitrogen and oxygen atoms in total. The summed E-state index contributed by atoms with van der Waals surface area (Å²) in [5.74, 6) is 3.34. The predicted molar refractivity (Wildman–Crippen MR) is 74.4 cm³/mol. The fourth-order valence-corrected chi connectivity index (χ4v) is 2.88. The van der Waals surface area contributed by atoms with Gasteiger partial charge in [0.1, 0.15) is 16.8 Å². The highest BCUT2D eigenvalue weighted by atomic mass is 35.5. The fourth-order valence-electron chi connectivity index (χ4n) is 2.71. The summed E-state index contributed by atoms with van der Waals surface area (Å²) < 4.78 is 0. The van der Waals surface area contributed by atoms with Crippen molar-refractivity contribution in [1.29, 1.82) is 0 Å². The minimum atomic E-state index is 0.559. The van der Waals surface area contributed by atoms with E-state index in [0.717, 1.165) is 36.2 Å². The number of piperidine rings is 1. The van der Waals surface area contributed by atoms with Crippen LogP contribution in [0.5, 0.6) is 0 Å².